The normalized spacial score (nSPS) is 9.60. The van der Waals surface area contributed by atoms with Crippen molar-refractivity contribution in [2.75, 3.05) is 6.54 Å². The number of carbonyl (C=O) groups excluding carboxylic acids is 1. The second-order valence-corrected chi connectivity index (χ2v) is 5.11. The van der Waals surface area contributed by atoms with Crippen LogP contribution < -0.4 is 5.73 Å². The topological polar surface area (TPSA) is 43.1 Å². The van der Waals surface area contributed by atoms with Crippen LogP contribution in [0.5, 0.6) is 0 Å². The van der Waals surface area contributed by atoms with Crippen molar-refractivity contribution in [3.8, 4) is 0 Å². The quantitative estimate of drug-likeness (QED) is 0.838. The van der Waals surface area contributed by atoms with Crippen molar-refractivity contribution in [3.05, 3.63) is 69.7 Å². The third-order valence-electron chi connectivity index (χ3n) is 2.42. The van der Waals surface area contributed by atoms with E-state index < -0.39 is 5.24 Å². The molecule has 106 valence electrons. The SMILES string of the molecule is NCCc1ccccc1.O=C(Cl)c1ccc(Cl)cc1Cl. The predicted octanol–water partition coefficient (Wildman–Crippen LogP) is 4.56. The molecule has 0 aromatic heterocycles. The second-order valence-electron chi connectivity index (χ2n) is 3.92. The third-order valence-corrected chi connectivity index (χ3v) is 3.17. The van der Waals surface area contributed by atoms with Crippen LogP contribution in [0.15, 0.2) is 48.5 Å². The fraction of sp³-hybridized carbons (Fsp3) is 0.133. The summed E-state index contributed by atoms with van der Waals surface area (Å²) in [5.74, 6) is 0. The molecule has 2 aromatic carbocycles. The fourth-order valence-electron chi connectivity index (χ4n) is 1.46. The van der Waals surface area contributed by atoms with Crippen LogP contribution in [0.2, 0.25) is 10.0 Å². The average molecular weight is 331 g/mol. The van der Waals surface area contributed by atoms with E-state index in [1.54, 1.807) is 6.07 Å². The van der Waals surface area contributed by atoms with Gasteiger partial charge in [-0.1, -0.05) is 53.5 Å². The summed E-state index contributed by atoms with van der Waals surface area (Å²) < 4.78 is 0. The molecule has 5 heteroatoms. The zero-order valence-corrected chi connectivity index (χ0v) is 12.9. The zero-order valence-electron chi connectivity index (χ0n) is 10.7. The summed E-state index contributed by atoms with van der Waals surface area (Å²) in [4.78, 5) is 10.6. The van der Waals surface area contributed by atoms with E-state index in [0.717, 1.165) is 13.0 Å². The molecule has 0 amide bonds. The Morgan fingerprint density at radius 3 is 2.20 bits per heavy atom. The van der Waals surface area contributed by atoms with Gasteiger partial charge in [-0.3, -0.25) is 4.79 Å². The maximum atomic E-state index is 10.6. The lowest BCUT2D eigenvalue weighted by Crippen LogP contribution is -2.01. The van der Waals surface area contributed by atoms with Gasteiger partial charge in [0.15, 0.2) is 0 Å². The van der Waals surface area contributed by atoms with Crippen LogP contribution in [-0.4, -0.2) is 11.8 Å². The van der Waals surface area contributed by atoms with E-state index in [9.17, 15) is 4.79 Å². The molecule has 0 aliphatic rings. The highest BCUT2D eigenvalue weighted by molar-refractivity contribution is 6.68. The molecule has 2 N–H and O–H groups in total. The van der Waals surface area contributed by atoms with Gasteiger partial charge in [0.05, 0.1) is 10.6 Å². The van der Waals surface area contributed by atoms with Crippen LogP contribution in [-0.2, 0) is 6.42 Å². The van der Waals surface area contributed by atoms with E-state index in [2.05, 4.69) is 12.1 Å². The lowest BCUT2D eigenvalue weighted by Gasteiger charge is -1.96. The Morgan fingerprint density at radius 2 is 1.70 bits per heavy atom. The Hall–Kier alpha value is -1.06. The molecule has 2 aromatic rings. The third kappa shape index (κ3) is 5.93. The molecular formula is C15H14Cl3NO. The molecule has 2 nitrogen and oxygen atoms in total. The minimum Gasteiger partial charge on any atom is -0.330 e. The van der Waals surface area contributed by atoms with Crippen LogP contribution in [0.4, 0.5) is 0 Å². The molecule has 0 aliphatic carbocycles. The Labute approximate surface area is 133 Å². The minimum absolute atomic E-state index is 0.275. The molecule has 0 unspecified atom stereocenters. The van der Waals surface area contributed by atoms with Crippen LogP contribution in [0.3, 0.4) is 0 Å². The number of hydrogen-bond donors (Lipinski definition) is 1. The van der Waals surface area contributed by atoms with Gasteiger partial charge in [0.2, 0.25) is 0 Å². The highest BCUT2D eigenvalue weighted by Crippen LogP contribution is 2.21. The van der Waals surface area contributed by atoms with Gasteiger partial charge in [-0.2, -0.15) is 0 Å². The Bertz CT molecular complexity index is 558. The van der Waals surface area contributed by atoms with Crippen molar-refractivity contribution >= 4 is 40.0 Å². The summed E-state index contributed by atoms with van der Waals surface area (Å²) in [5, 5.41) is 0.181. The van der Waals surface area contributed by atoms with Gasteiger partial charge in [-0.05, 0) is 48.3 Å². The lowest BCUT2D eigenvalue weighted by atomic mass is 10.2. The van der Waals surface area contributed by atoms with Gasteiger partial charge in [0.25, 0.3) is 5.24 Å². The fourth-order valence-corrected chi connectivity index (χ4v) is 2.17. The van der Waals surface area contributed by atoms with E-state index >= 15 is 0 Å². The summed E-state index contributed by atoms with van der Waals surface area (Å²) in [6.45, 7) is 0.740. The second kappa shape index (κ2) is 8.98. The van der Waals surface area contributed by atoms with E-state index in [0.29, 0.717) is 5.02 Å². The van der Waals surface area contributed by atoms with Crippen molar-refractivity contribution in [3.63, 3.8) is 0 Å². The van der Waals surface area contributed by atoms with Gasteiger partial charge in [0.1, 0.15) is 0 Å². The highest BCUT2D eigenvalue weighted by atomic mass is 35.5. The van der Waals surface area contributed by atoms with Gasteiger partial charge in [0, 0.05) is 5.02 Å². The molecule has 0 fully saturated rings. The van der Waals surface area contributed by atoms with E-state index in [1.165, 1.54) is 17.7 Å². The Morgan fingerprint density at radius 1 is 1.05 bits per heavy atom. The molecule has 0 saturated heterocycles. The summed E-state index contributed by atoms with van der Waals surface area (Å²) in [5.41, 5.74) is 6.96. The zero-order chi connectivity index (χ0) is 15.0. The molecule has 0 spiro atoms. The molecule has 20 heavy (non-hydrogen) atoms. The molecular weight excluding hydrogens is 317 g/mol. The van der Waals surface area contributed by atoms with Gasteiger partial charge in [-0.25, -0.2) is 0 Å². The van der Waals surface area contributed by atoms with E-state index in [4.69, 9.17) is 40.5 Å². The first-order chi connectivity index (χ1) is 9.54. The van der Waals surface area contributed by atoms with Crippen molar-refractivity contribution in [1.82, 2.24) is 0 Å². The standard InChI is InChI=1S/C8H11N.C7H3Cl3O/c9-7-6-8-4-2-1-3-5-8;8-4-1-2-5(7(10)11)6(9)3-4/h1-5H,6-7,9H2;1-3H. The number of nitrogens with two attached hydrogens (primary N) is 1. The maximum Gasteiger partial charge on any atom is 0.253 e. The first kappa shape index (κ1) is 17.0. The summed E-state index contributed by atoms with van der Waals surface area (Å²) in [7, 11) is 0. The van der Waals surface area contributed by atoms with Crippen LogP contribution in [0.1, 0.15) is 15.9 Å². The average Bonchev–Trinajstić information content (AvgIpc) is 2.40. The Kier molecular flexibility index (Phi) is 7.63. The van der Waals surface area contributed by atoms with Gasteiger partial charge >= 0.3 is 0 Å². The van der Waals surface area contributed by atoms with E-state index in [-0.39, 0.29) is 10.6 Å². The van der Waals surface area contributed by atoms with Crippen molar-refractivity contribution in [2.24, 2.45) is 5.73 Å². The van der Waals surface area contributed by atoms with Crippen LogP contribution >= 0.6 is 34.8 Å². The molecule has 0 atom stereocenters. The molecule has 0 heterocycles. The summed E-state index contributed by atoms with van der Waals surface area (Å²) >= 11 is 16.4. The lowest BCUT2D eigenvalue weighted by molar-refractivity contribution is 0.108. The van der Waals surface area contributed by atoms with Crippen LogP contribution in [0, 0.1) is 0 Å². The first-order valence-electron chi connectivity index (χ1n) is 5.93. The first-order valence-corrected chi connectivity index (χ1v) is 7.07. The minimum atomic E-state index is -0.577. The number of carbonyl (C=O) groups is 1. The van der Waals surface area contributed by atoms with Gasteiger partial charge < -0.3 is 5.73 Å². The number of benzene rings is 2. The smallest absolute Gasteiger partial charge is 0.253 e. The predicted molar refractivity (Wildman–Crippen MR) is 85.8 cm³/mol. The monoisotopic (exact) mass is 329 g/mol. The van der Waals surface area contributed by atoms with Gasteiger partial charge in [-0.15, -0.1) is 0 Å². The number of rotatable bonds is 3. The number of hydrogen-bond acceptors (Lipinski definition) is 2. The maximum absolute atomic E-state index is 10.6. The van der Waals surface area contributed by atoms with Crippen molar-refractivity contribution in [2.45, 2.75) is 6.42 Å². The largest absolute Gasteiger partial charge is 0.330 e. The molecule has 0 radical (unpaired) electrons. The van der Waals surface area contributed by atoms with Crippen molar-refractivity contribution in [1.29, 1.82) is 0 Å². The van der Waals surface area contributed by atoms with Crippen molar-refractivity contribution < 1.29 is 4.79 Å². The molecule has 0 aliphatic heterocycles. The summed E-state index contributed by atoms with van der Waals surface area (Å²) in [6.07, 6.45) is 0.987. The molecule has 0 saturated carbocycles. The van der Waals surface area contributed by atoms with Crippen LogP contribution in [0.25, 0.3) is 0 Å². The number of halogens is 3. The molecule has 0 bridgehead atoms. The molecule has 2 rings (SSSR count). The summed E-state index contributed by atoms with van der Waals surface area (Å²) in [6, 6.07) is 14.8. The highest BCUT2D eigenvalue weighted by Gasteiger charge is 2.06. The Balaban J connectivity index is 0.000000204. The van der Waals surface area contributed by atoms with E-state index in [1.807, 2.05) is 18.2 Å².